The standard InChI is InChI=1S/C13H21N5O/c1-7(2)11-17-12(14-4)8(3)13(18-11)16-9-5-10(19)15-6-9/h7,9H,5-6H2,1-4H3,(H,15,19)(H2,14,16,17,18). The second-order valence-electron chi connectivity index (χ2n) is 5.16. The molecule has 1 fully saturated rings. The third-order valence-corrected chi connectivity index (χ3v) is 3.23. The summed E-state index contributed by atoms with van der Waals surface area (Å²) < 4.78 is 0. The van der Waals surface area contributed by atoms with Gasteiger partial charge in [0.05, 0.1) is 6.04 Å². The Morgan fingerprint density at radius 1 is 1.32 bits per heavy atom. The molecular weight excluding hydrogens is 242 g/mol. The fourth-order valence-corrected chi connectivity index (χ4v) is 2.08. The van der Waals surface area contributed by atoms with Crippen molar-refractivity contribution in [3.8, 4) is 0 Å². The van der Waals surface area contributed by atoms with Gasteiger partial charge in [-0.25, -0.2) is 9.97 Å². The van der Waals surface area contributed by atoms with Crippen LogP contribution in [-0.2, 0) is 4.79 Å². The van der Waals surface area contributed by atoms with Crippen LogP contribution in [0.5, 0.6) is 0 Å². The molecule has 1 aliphatic heterocycles. The van der Waals surface area contributed by atoms with Crippen LogP contribution in [0.1, 0.15) is 37.6 Å². The van der Waals surface area contributed by atoms with Gasteiger partial charge in [-0.1, -0.05) is 13.8 Å². The van der Waals surface area contributed by atoms with Crippen LogP contribution in [0, 0.1) is 6.92 Å². The van der Waals surface area contributed by atoms with Gasteiger partial charge in [0.25, 0.3) is 0 Å². The molecule has 2 heterocycles. The van der Waals surface area contributed by atoms with Crippen LogP contribution in [0.15, 0.2) is 0 Å². The minimum absolute atomic E-state index is 0.0853. The molecule has 1 aliphatic rings. The average molecular weight is 263 g/mol. The molecule has 6 heteroatoms. The highest BCUT2D eigenvalue weighted by molar-refractivity contribution is 5.79. The molecule has 1 saturated heterocycles. The van der Waals surface area contributed by atoms with Crippen LogP contribution in [0.25, 0.3) is 0 Å². The van der Waals surface area contributed by atoms with Gasteiger partial charge in [-0.05, 0) is 6.92 Å². The van der Waals surface area contributed by atoms with Crippen molar-refractivity contribution in [2.45, 2.75) is 39.2 Å². The second-order valence-corrected chi connectivity index (χ2v) is 5.16. The molecule has 1 amide bonds. The SMILES string of the molecule is CNc1nc(C(C)C)nc(NC2CNC(=O)C2)c1C. The second kappa shape index (κ2) is 5.42. The lowest BCUT2D eigenvalue weighted by atomic mass is 10.2. The maximum atomic E-state index is 11.2. The van der Waals surface area contributed by atoms with Crippen molar-refractivity contribution in [2.75, 3.05) is 24.2 Å². The highest BCUT2D eigenvalue weighted by Crippen LogP contribution is 2.24. The Hall–Kier alpha value is -1.85. The van der Waals surface area contributed by atoms with Gasteiger partial charge in [-0.15, -0.1) is 0 Å². The maximum absolute atomic E-state index is 11.2. The lowest BCUT2D eigenvalue weighted by Gasteiger charge is -2.17. The average Bonchev–Trinajstić information content (AvgIpc) is 2.77. The van der Waals surface area contributed by atoms with Crippen LogP contribution in [0.3, 0.4) is 0 Å². The summed E-state index contributed by atoms with van der Waals surface area (Å²) in [6.07, 6.45) is 0.495. The van der Waals surface area contributed by atoms with Crippen molar-refractivity contribution in [1.82, 2.24) is 15.3 Å². The van der Waals surface area contributed by atoms with E-state index >= 15 is 0 Å². The predicted molar refractivity (Wildman–Crippen MR) is 75.4 cm³/mol. The number of nitrogens with zero attached hydrogens (tertiary/aromatic N) is 2. The van der Waals surface area contributed by atoms with E-state index < -0.39 is 0 Å². The Kier molecular flexibility index (Phi) is 3.87. The lowest BCUT2D eigenvalue weighted by Crippen LogP contribution is -2.24. The molecule has 0 bridgehead atoms. The van der Waals surface area contributed by atoms with Crippen molar-refractivity contribution in [1.29, 1.82) is 0 Å². The number of hydrogen-bond donors (Lipinski definition) is 3. The van der Waals surface area contributed by atoms with Gasteiger partial charge in [0.1, 0.15) is 17.5 Å². The van der Waals surface area contributed by atoms with E-state index in [4.69, 9.17) is 0 Å². The summed E-state index contributed by atoms with van der Waals surface area (Å²) >= 11 is 0. The fraction of sp³-hybridized carbons (Fsp3) is 0.615. The van der Waals surface area contributed by atoms with Crippen LogP contribution < -0.4 is 16.0 Å². The highest BCUT2D eigenvalue weighted by Gasteiger charge is 2.23. The van der Waals surface area contributed by atoms with Crippen molar-refractivity contribution in [2.24, 2.45) is 0 Å². The van der Waals surface area contributed by atoms with Crippen LogP contribution in [0.4, 0.5) is 11.6 Å². The zero-order valence-electron chi connectivity index (χ0n) is 11.9. The maximum Gasteiger partial charge on any atom is 0.222 e. The topological polar surface area (TPSA) is 78.9 Å². The molecule has 0 aliphatic carbocycles. The predicted octanol–water partition coefficient (Wildman–Crippen LogP) is 1.25. The van der Waals surface area contributed by atoms with Crippen molar-refractivity contribution in [3.63, 3.8) is 0 Å². The van der Waals surface area contributed by atoms with Crippen molar-refractivity contribution in [3.05, 3.63) is 11.4 Å². The zero-order chi connectivity index (χ0) is 14.0. The van der Waals surface area contributed by atoms with Gasteiger partial charge >= 0.3 is 0 Å². The fourth-order valence-electron chi connectivity index (χ4n) is 2.08. The zero-order valence-corrected chi connectivity index (χ0v) is 11.9. The Labute approximate surface area is 113 Å². The summed E-state index contributed by atoms with van der Waals surface area (Å²) in [7, 11) is 1.85. The highest BCUT2D eigenvalue weighted by atomic mass is 16.1. The number of rotatable bonds is 4. The minimum atomic E-state index is 0.0853. The summed E-state index contributed by atoms with van der Waals surface area (Å²) in [5.74, 6) is 2.79. The number of anilines is 2. The van der Waals surface area contributed by atoms with Gasteiger partial charge in [0.15, 0.2) is 0 Å². The van der Waals surface area contributed by atoms with Crippen LogP contribution >= 0.6 is 0 Å². The molecule has 2 rings (SSSR count). The molecule has 104 valence electrons. The molecule has 0 spiro atoms. The first-order chi connectivity index (χ1) is 9.01. The molecule has 6 nitrogen and oxygen atoms in total. The molecular formula is C13H21N5O. The first-order valence-corrected chi connectivity index (χ1v) is 6.60. The van der Waals surface area contributed by atoms with Crippen molar-refractivity contribution < 1.29 is 4.79 Å². The Balaban J connectivity index is 2.27. The van der Waals surface area contributed by atoms with Crippen LogP contribution in [-0.4, -0.2) is 35.5 Å². The molecule has 1 aromatic rings. The molecule has 1 atom stereocenters. The molecule has 1 aromatic heterocycles. The van der Waals surface area contributed by atoms with E-state index in [9.17, 15) is 4.79 Å². The summed E-state index contributed by atoms with van der Waals surface area (Å²) in [5.41, 5.74) is 0.978. The van der Waals surface area contributed by atoms with E-state index in [1.165, 1.54) is 0 Å². The quantitative estimate of drug-likeness (QED) is 0.762. The summed E-state index contributed by atoms with van der Waals surface area (Å²) in [6, 6.07) is 0.103. The third kappa shape index (κ3) is 2.94. The summed E-state index contributed by atoms with van der Waals surface area (Å²) in [6.45, 7) is 6.75. The molecule has 1 unspecified atom stereocenters. The number of carbonyl (C=O) groups excluding carboxylic acids is 1. The third-order valence-electron chi connectivity index (χ3n) is 3.23. The Morgan fingerprint density at radius 2 is 2.00 bits per heavy atom. The Morgan fingerprint density at radius 3 is 2.53 bits per heavy atom. The first kappa shape index (κ1) is 13.6. The molecule has 3 N–H and O–H groups in total. The van der Waals surface area contributed by atoms with Gasteiger partial charge < -0.3 is 16.0 Å². The number of aromatic nitrogens is 2. The summed E-state index contributed by atoms with van der Waals surface area (Å²) in [4.78, 5) is 20.3. The smallest absolute Gasteiger partial charge is 0.222 e. The van der Waals surface area contributed by atoms with E-state index in [1.54, 1.807) is 0 Å². The number of hydrogen-bond acceptors (Lipinski definition) is 5. The number of carbonyl (C=O) groups is 1. The normalized spacial score (nSPS) is 18.6. The van der Waals surface area contributed by atoms with Gasteiger partial charge in [-0.3, -0.25) is 4.79 Å². The van der Waals surface area contributed by atoms with Gasteiger partial charge in [0.2, 0.25) is 5.91 Å². The monoisotopic (exact) mass is 263 g/mol. The lowest BCUT2D eigenvalue weighted by molar-refractivity contribution is -0.119. The Bertz CT molecular complexity index is 486. The first-order valence-electron chi connectivity index (χ1n) is 6.60. The van der Waals surface area contributed by atoms with Gasteiger partial charge in [0, 0.05) is 31.5 Å². The largest absolute Gasteiger partial charge is 0.373 e. The van der Waals surface area contributed by atoms with E-state index in [2.05, 4.69) is 39.8 Å². The van der Waals surface area contributed by atoms with Crippen molar-refractivity contribution >= 4 is 17.5 Å². The minimum Gasteiger partial charge on any atom is -0.373 e. The van der Waals surface area contributed by atoms with E-state index in [1.807, 2.05) is 14.0 Å². The van der Waals surface area contributed by atoms with E-state index in [-0.39, 0.29) is 17.9 Å². The van der Waals surface area contributed by atoms with E-state index in [0.717, 1.165) is 23.0 Å². The summed E-state index contributed by atoms with van der Waals surface area (Å²) in [5, 5.41) is 9.24. The van der Waals surface area contributed by atoms with E-state index in [0.29, 0.717) is 13.0 Å². The van der Waals surface area contributed by atoms with Gasteiger partial charge in [-0.2, -0.15) is 0 Å². The molecule has 0 radical (unpaired) electrons. The molecule has 0 aromatic carbocycles. The number of amides is 1. The number of nitrogens with one attached hydrogen (secondary N) is 3. The molecule has 19 heavy (non-hydrogen) atoms. The molecule has 0 saturated carbocycles. The van der Waals surface area contributed by atoms with Crippen LogP contribution in [0.2, 0.25) is 0 Å².